The Hall–Kier alpha value is -2.90. The Kier molecular flexibility index (Phi) is 8.83. The summed E-state index contributed by atoms with van der Waals surface area (Å²) in [4.78, 5) is 51.2. The summed E-state index contributed by atoms with van der Waals surface area (Å²) in [6, 6.07) is 7.51. The molecule has 2 amide bonds. The van der Waals surface area contributed by atoms with E-state index in [2.05, 4.69) is 5.32 Å². The molecule has 0 spiro atoms. The number of amides is 2. The lowest BCUT2D eigenvalue weighted by Gasteiger charge is -2.30. The predicted molar refractivity (Wildman–Crippen MR) is 109 cm³/mol. The van der Waals surface area contributed by atoms with E-state index in [4.69, 9.17) is 9.47 Å². The molecule has 0 radical (unpaired) electrons. The first kappa shape index (κ1) is 23.4. The fraction of sp³-hybridized carbons (Fsp3) is 0.545. The third kappa shape index (κ3) is 6.05. The maximum Gasteiger partial charge on any atom is 0.408 e. The van der Waals surface area contributed by atoms with Crippen molar-refractivity contribution >= 4 is 23.8 Å². The summed E-state index contributed by atoms with van der Waals surface area (Å²) in [6.45, 7) is 5.90. The fourth-order valence-electron chi connectivity index (χ4n) is 3.39. The first-order chi connectivity index (χ1) is 14.4. The predicted octanol–water partition coefficient (Wildman–Crippen LogP) is 2.45. The molecule has 1 aliphatic rings. The van der Waals surface area contributed by atoms with E-state index in [0.717, 1.165) is 5.56 Å². The Balaban J connectivity index is 2.05. The smallest absolute Gasteiger partial charge is 0.408 e. The maximum absolute atomic E-state index is 13.2. The summed E-state index contributed by atoms with van der Waals surface area (Å²) in [6.07, 6.45) is 0.937. The number of rotatable bonds is 9. The normalized spacial score (nSPS) is 17.7. The zero-order chi connectivity index (χ0) is 22.1. The van der Waals surface area contributed by atoms with Crippen molar-refractivity contribution in [2.24, 2.45) is 5.92 Å². The van der Waals surface area contributed by atoms with Crippen molar-refractivity contribution in [2.45, 2.75) is 58.7 Å². The number of alkyl carbamates (subject to hydrolysis) is 1. The van der Waals surface area contributed by atoms with Crippen molar-refractivity contribution in [3.8, 4) is 0 Å². The molecule has 30 heavy (non-hydrogen) atoms. The average molecular weight is 418 g/mol. The zero-order valence-corrected chi connectivity index (χ0v) is 17.8. The lowest BCUT2D eigenvalue weighted by atomic mass is 9.97. The minimum atomic E-state index is -0.933. The van der Waals surface area contributed by atoms with E-state index in [9.17, 15) is 19.2 Å². The van der Waals surface area contributed by atoms with Crippen LogP contribution in [0.2, 0.25) is 0 Å². The molecule has 2 rings (SSSR count). The van der Waals surface area contributed by atoms with E-state index in [0.29, 0.717) is 25.8 Å². The van der Waals surface area contributed by atoms with Gasteiger partial charge in [0.05, 0.1) is 6.61 Å². The van der Waals surface area contributed by atoms with Gasteiger partial charge in [0.2, 0.25) is 5.91 Å². The van der Waals surface area contributed by atoms with E-state index >= 15 is 0 Å². The molecule has 1 fully saturated rings. The standard InChI is InChI=1S/C22H30N2O6/c1-4-15(3)18(23-22(28)30-14-16-10-7-6-8-11-16)20(26)24-13-9-12-17(24)19(25)21(27)29-5-2/h6-8,10-11,15,17-18H,4-5,9,12-14H2,1-3H3,(H,23,28)/t15?,17?,18-/m0/s1. The first-order valence-electron chi connectivity index (χ1n) is 10.4. The van der Waals surface area contributed by atoms with Crippen molar-refractivity contribution in [3.63, 3.8) is 0 Å². The zero-order valence-electron chi connectivity index (χ0n) is 17.8. The summed E-state index contributed by atoms with van der Waals surface area (Å²) in [5, 5.41) is 2.65. The molecule has 8 nitrogen and oxygen atoms in total. The molecule has 1 heterocycles. The Morgan fingerprint density at radius 1 is 1.13 bits per heavy atom. The van der Waals surface area contributed by atoms with Crippen LogP contribution in [-0.4, -0.2) is 53.9 Å². The lowest BCUT2D eigenvalue weighted by Crippen LogP contribution is -2.55. The fourth-order valence-corrected chi connectivity index (χ4v) is 3.39. The molecule has 3 atom stereocenters. The van der Waals surface area contributed by atoms with Gasteiger partial charge in [-0.05, 0) is 31.2 Å². The van der Waals surface area contributed by atoms with Crippen LogP contribution in [0.3, 0.4) is 0 Å². The van der Waals surface area contributed by atoms with Crippen molar-refractivity contribution in [1.29, 1.82) is 0 Å². The molecular formula is C22H30N2O6. The molecule has 0 saturated carbocycles. The molecule has 1 N–H and O–H groups in total. The van der Waals surface area contributed by atoms with E-state index in [1.165, 1.54) is 4.90 Å². The monoisotopic (exact) mass is 418 g/mol. The van der Waals surface area contributed by atoms with Crippen LogP contribution in [-0.2, 0) is 30.5 Å². The van der Waals surface area contributed by atoms with Gasteiger partial charge in [-0.3, -0.25) is 9.59 Å². The van der Waals surface area contributed by atoms with Gasteiger partial charge in [0.15, 0.2) is 0 Å². The summed E-state index contributed by atoms with van der Waals surface area (Å²) >= 11 is 0. The number of hydrogen-bond donors (Lipinski definition) is 1. The summed E-state index contributed by atoms with van der Waals surface area (Å²) in [5.74, 6) is -2.23. The molecule has 1 aromatic rings. The van der Waals surface area contributed by atoms with Crippen LogP contribution in [0.5, 0.6) is 0 Å². The maximum atomic E-state index is 13.2. The third-order valence-electron chi connectivity index (χ3n) is 5.28. The molecule has 0 aromatic heterocycles. The highest BCUT2D eigenvalue weighted by molar-refractivity contribution is 6.36. The van der Waals surface area contributed by atoms with Gasteiger partial charge in [-0.1, -0.05) is 50.6 Å². The van der Waals surface area contributed by atoms with Gasteiger partial charge >= 0.3 is 12.1 Å². The number of ketones is 1. The van der Waals surface area contributed by atoms with E-state index in [1.54, 1.807) is 6.92 Å². The number of ether oxygens (including phenoxy) is 2. The molecule has 8 heteroatoms. The van der Waals surface area contributed by atoms with Crippen molar-refractivity contribution in [2.75, 3.05) is 13.2 Å². The highest BCUT2D eigenvalue weighted by atomic mass is 16.5. The number of nitrogens with zero attached hydrogens (tertiary/aromatic N) is 1. The molecule has 0 bridgehead atoms. The van der Waals surface area contributed by atoms with Gasteiger partial charge in [0, 0.05) is 6.54 Å². The first-order valence-corrected chi connectivity index (χ1v) is 10.4. The second-order valence-corrected chi connectivity index (χ2v) is 7.34. The molecule has 2 unspecified atom stereocenters. The molecule has 1 saturated heterocycles. The minimum absolute atomic E-state index is 0.0851. The van der Waals surface area contributed by atoms with Gasteiger partial charge in [-0.2, -0.15) is 0 Å². The van der Waals surface area contributed by atoms with Gasteiger partial charge < -0.3 is 19.7 Å². The van der Waals surface area contributed by atoms with E-state index in [-0.39, 0.29) is 25.0 Å². The largest absolute Gasteiger partial charge is 0.460 e. The van der Waals surface area contributed by atoms with Crippen LogP contribution in [0.4, 0.5) is 4.79 Å². The summed E-state index contributed by atoms with van der Waals surface area (Å²) < 4.78 is 10.0. The Bertz CT molecular complexity index is 751. The number of benzene rings is 1. The van der Waals surface area contributed by atoms with Crippen molar-refractivity contribution < 1.29 is 28.7 Å². The number of carbonyl (C=O) groups is 4. The second kappa shape index (κ2) is 11.3. The third-order valence-corrected chi connectivity index (χ3v) is 5.28. The second-order valence-electron chi connectivity index (χ2n) is 7.34. The Morgan fingerprint density at radius 2 is 1.83 bits per heavy atom. The molecule has 1 aliphatic heterocycles. The van der Waals surface area contributed by atoms with Gasteiger partial charge in [-0.15, -0.1) is 0 Å². The molecule has 1 aromatic carbocycles. The van der Waals surface area contributed by atoms with E-state index in [1.807, 2.05) is 44.2 Å². The topological polar surface area (TPSA) is 102 Å². The van der Waals surface area contributed by atoms with Crippen LogP contribution in [0.25, 0.3) is 0 Å². The van der Waals surface area contributed by atoms with Gasteiger partial charge in [-0.25, -0.2) is 9.59 Å². The SMILES string of the molecule is CCOC(=O)C(=O)C1CCCN1C(=O)[C@@H](NC(=O)OCc1ccccc1)C(C)CC. The van der Waals surface area contributed by atoms with Gasteiger partial charge in [0.1, 0.15) is 18.7 Å². The lowest BCUT2D eigenvalue weighted by molar-refractivity contribution is -0.156. The Morgan fingerprint density at radius 3 is 2.47 bits per heavy atom. The molecular weight excluding hydrogens is 388 g/mol. The van der Waals surface area contributed by atoms with Crippen LogP contribution in [0.1, 0.15) is 45.6 Å². The quantitative estimate of drug-likeness (QED) is 0.488. The molecule has 0 aliphatic carbocycles. The van der Waals surface area contributed by atoms with Crippen LogP contribution in [0.15, 0.2) is 30.3 Å². The Labute approximate surface area is 176 Å². The summed E-state index contributed by atoms with van der Waals surface area (Å²) in [7, 11) is 0. The van der Waals surface area contributed by atoms with Gasteiger partial charge in [0.25, 0.3) is 5.78 Å². The number of likely N-dealkylation sites (tertiary alicyclic amines) is 1. The summed E-state index contributed by atoms with van der Waals surface area (Å²) in [5.41, 5.74) is 0.832. The highest BCUT2D eigenvalue weighted by Crippen LogP contribution is 2.22. The number of carbonyl (C=O) groups excluding carboxylic acids is 4. The van der Waals surface area contributed by atoms with E-state index < -0.39 is 29.9 Å². The minimum Gasteiger partial charge on any atom is -0.460 e. The number of Topliss-reactive ketones (excluding diaryl/α,β-unsaturated/α-hetero) is 1. The van der Waals surface area contributed by atoms with Crippen LogP contribution >= 0.6 is 0 Å². The van der Waals surface area contributed by atoms with Crippen LogP contribution in [0, 0.1) is 5.92 Å². The van der Waals surface area contributed by atoms with Crippen molar-refractivity contribution in [3.05, 3.63) is 35.9 Å². The number of hydrogen-bond acceptors (Lipinski definition) is 6. The van der Waals surface area contributed by atoms with Crippen LogP contribution < -0.4 is 5.32 Å². The molecule has 164 valence electrons. The number of nitrogens with one attached hydrogen (secondary N) is 1. The number of esters is 1. The highest BCUT2D eigenvalue weighted by Gasteiger charge is 2.41. The average Bonchev–Trinajstić information content (AvgIpc) is 3.25. The van der Waals surface area contributed by atoms with Crippen molar-refractivity contribution in [1.82, 2.24) is 10.2 Å².